The van der Waals surface area contributed by atoms with E-state index in [2.05, 4.69) is 10.4 Å². The molecule has 1 aromatic heterocycles. The molecule has 2 aromatic rings. The summed E-state index contributed by atoms with van der Waals surface area (Å²) in [5, 5.41) is 6.46. The molecule has 7 heteroatoms. The first-order chi connectivity index (χ1) is 11.3. The van der Waals surface area contributed by atoms with Crippen LogP contribution >= 0.6 is 0 Å². The molecule has 2 rings (SSSR count). The maximum absolute atomic E-state index is 14.0. The van der Waals surface area contributed by atoms with Crippen molar-refractivity contribution >= 4 is 17.6 Å². The van der Waals surface area contributed by atoms with E-state index in [1.54, 1.807) is 24.1 Å². The van der Waals surface area contributed by atoms with Crippen LogP contribution in [0.4, 0.5) is 10.1 Å². The highest BCUT2D eigenvalue weighted by Crippen LogP contribution is 2.18. The summed E-state index contributed by atoms with van der Waals surface area (Å²) in [5.41, 5.74) is 0.867. The molecule has 1 aromatic carbocycles. The third kappa shape index (κ3) is 4.91. The zero-order valence-electron chi connectivity index (χ0n) is 13.9. The molecule has 128 valence electrons. The Morgan fingerprint density at radius 3 is 2.71 bits per heavy atom. The SMILES string of the molecule is CC(C)CC(=O)Nc1ccc(C(=O)OCc2cnn(C)c2)cc1F. The fraction of sp³-hybridized carbons (Fsp3) is 0.353. The number of hydrogen-bond acceptors (Lipinski definition) is 4. The largest absolute Gasteiger partial charge is 0.457 e. The molecule has 1 heterocycles. The summed E-state index contributed by atoms with van der Waals surface area (Å²) in [6.45, 7) is 3.86. The Bertz CT molecular complexity index is 740. The molecule has 0 bridgehead atoms. The Labute approximate surface area is 139 Å². The highest BCUT2D eigenvalue weighted by Gasteiger charge is 2.13. The molecule has 6 nitrogen and oxygen atoms in total. The van der Waals surface area contributed by atoms with E-state index in [4.69, 9.17) is 4.74 Å². The number of amides is 1. The lowest BCUT2D eigenvalue weighted by Gasteiger charge is -2.09. The summed E-state index contributed by atoms with van der Waals surface area (Å²) >= 11 is 0. The van der Waals surface area contributed by atoms with Gasteiger partial charge >= 0.3 is 5.97 Å². The minimum atomic E-state index is -0.678. The second-order valence-corrected chi connectivity index (χ2v) is 5.94. The van der Waals surface area contributed by atoms with E-state index < -0.39 is 11.8 Å². The van der Waals surface area contributed by atoms with Crippen molar-refractivity contribution in [2.45, 2.75) is 26.9 Å². The van der Waals surface area contributed by atoms with Crippen LogP contribution in [0, 0.1) is 11.7 Å². The number of aromatic nitrogens is 2. The van der Waals surface area contributed by atoms with Crippen molar-refractivity contribution in [3.8, 4) is 0 Å². The highest BCUT2D eigenvalue weighted by atomic mass is 19.1. The van der Waals surface area contributed by atoms with E-state index in [0.29, 0.717) is 6.42 Å². The number of rotatable bonds is 6. The van der Waals surface area contributed by atoms with Crippen LogP contribution in [-0.2, 0) is 23.2 Å². The molecule has 0 aliphatic rings. The van der Waals surface area contributed by atoms with Gasteiger partial charge in [0.05, 0.1) is 17.4 Å². The van der Waals surface area contributed by atoms with Crippen molar-refractivity contribution in [2.24, 2.45) is 13.0 Å². The predicted octanol–water partition coefficient (Wildman–Crippen LogP) is 2.90. The van der Waals surface area contributed by atoms with Crippen LogP contribution in [0.1, 0.15) is 36.2 Å². The number of aryl methyl sites for hydroxylation is 1. The number of carbonyl (C=O) groups excluding carboxylic acids is 2. The number of nitrogens with zero attached hydrogens (tertiary/aromatic N) is 2. The maximum atomic E-state index is 14.0. The molecule has 0 aliphatic heterocycles. The summed E-state index contributed by atoms with van der Waals surface area (Å²) in [5.74, 6) is -1.41. The van der Waals surface area contributed by atoms with Crippen molar-refractivity contribution in [3.05, 3.63) is 47.5 Å². The fourth-order valence-corrected chi connectivity index (χ4v) is 2.09. The van der Waals surface area contributed by atoms with Gasteiger partial charge in [0.15, 0.2) is 0 Å². The van der Waals surface area contributed by atoms with Gasteiger partial charge in [-0.15, -0.1) is 0 Å². The minimum Gasteiger partial charge on any atom is -0.457 e. The number of esters is 1. The lowest BCUT2D eigenvalue weighted by Crippen LogP contribution is -2.15. The molecular formula is C17H20FN3O3. The van der Waals surface area contributed by atoms with Crippen LogP contribution in [-0.4, -0.2) is 21.7 Å². The summed E-state index contributed by atoms with van der Waals surface area (Å²) in [4.78, 5) is 23.6. The van der Waals surface area contributed by atoms with E-state index in [9.17, 15) is 14.0 Å². The van der Waals surface area contributed by atoms with E-state index in [1.807, 2.05) is 13.8 Å². The number of hydrogen-bond donors (Lipinski definition) is 1. The van der Waals surface area contributed by atoms with E-state index in [0.717, 1.165) is 11.6 Å². The van der Waals surface area contributed by atoms with E-state index >= 15 is 0 Å². The first-order valence-electron chi connectivity index (χ1n) is 7.59. The molecule has 1 amide bonds. The Morgan fingerprint density at radius 2 is 2.12 bits per heavy atom. The van der Waals surface area contributed by atoms with Crippen molar-refractivity contribution < 1.29 is 18.7 Å². The molecule has 0 atom stereocenters. The van der Waals surface area contributed by atoms with Gasteiger partial charge in [-0.1, -0.05) is 13.8 Å². The maximum Gasteiger partial charge on any atom is 0.338 e. The number of carbonyl (C=O) groups is 2. The van der Waals surface area contributed by atoms with Gasteiger partial charge in [0.25, 0.3) is 0 Å². The van der Waals surface area contributed by atoms with Crippen molar-refractivity contribution in [2.75, 3.05) is 5.32 Å². The third-order valence-corrected chi connectivity index (χ3v) is 3.20. The van der Waals surface area contributed by atoms with Gasteiger partial charge in [-0.3, -0.25) is 9.48 Å². The van der Waals surface area contributed by atoms with Gasteiger partial charge in [0.1, 0.15) is 12.4 Å². The smallest absolute Gasteiger partial charge is 0.338 e. The van der Waals surface area contributed by atoms with Crippen LogP contribution in [0.15, 0.2) is 30.6 Å². The fourth-order valence-electron chi connectivity index (χ4n) is 2.09. The molecule has 0 unspecified atom stereocenters. The van der Waals surface area contributed by atoms with Crippen molar-refractivity contribution in [1.82, 2.24) is 9.78 Å². The molecule has 0 aliphatic carbocycles. The number of ether oxygens (including phenoxy) is 1. The number of nitrogens with one attached hydrogen (secondary N) is 1. The summed E-state index contributed by atoms with van der Waals surface area (Å²) in [7, 11) is 1.76. The third-order valence-electron chi connectivity index (χ3n) is 3.20. The lowest BCUT2D eigenvalue weighted by atomic mass is 10.1. The van der Waals surface area contributed by atoms with Crippen LogP contribution < -0.4 is 5.32 Å². The Balaban J connectivity index is 1.97. The summed E-state index contributed by atoms with van der Waals surface area (Å²) < 4.78 is 20.7. The Morgan fingerprint density at radius 1 is 1.38 bits per heavy atom. The average Bonchev–Trinajstić information content (AvgIpc) is 2.91. The molecule has 0 saturated heterocycles. The first-order valence-corrected chi connectivity index (χ1v) is 7.59. The van der Waals surface area contributed by atoms with Crippen molar-refractivity contribution in [3.63, 3.8) is 0 Å². The van der Waals surface area contributed by atoms with E-state index in [-0.39, 0.29) is 29.7 Å². The second kappa shape index (κ2) is 7.72. The monoisotopic (exact) mass is 333 g/mol. The van der Waals surface area contributed by atoms with Crippen LogP contribution in [0.3, 0.4) is 0 Å². The van der Waals surface area contributed by atoms with Gasteiger partial charge in [-0.2, -0.15) is 5.10 Å². The van der Waals surface area contributed by atoms with Gasteiger partial charge in [0, 0.05) is 25.2 Å². The van der Waals surface area contributed by atoms with Gasteiger partial charge in [-0.25, -0.2) is 9.18 Å². The quantitative estimate of drug-likeness (QED) is 0.825. The standard InChI is InChI=1S/C17H20FN3O3/c1-11(2)6-16(22)20-15-5-4-13(7-14(15)18)17(23)24-10-12-8-19-21(3)9-12/h4-5,7-9,11H,6,10H2,1-3H3,(H,20,22). The zero-order valence-corrected chi connectivity index (χ0v) is 13.9. The highest BCUT2D eigenvalue weighted by molar-refractivity contribution is 5.93. The average molecular weight is 333 g/mol. The Hall–Kier alpha value is -2.70. The molecule has 0 fully saturated rings. The molecule has 0 spiro atoms. The van der Waals surface area contributed by atoms with Crippen LogP contribution in [0.2, 0.25) is 0 Å². The Kier molecular flexibility index (Phi) is 5.68. The number of halogens is 1. The second-order valence-electron chi connectivity index (χ2n) is 5.94. The van der Waals surface area contributed by atoms with Crippen LogP contribution in [0.25, 0.3) is 0 Å². The van der Waals surface area contributed by atoms with Crippen LogP contribution in [0.5, 0.6) is 0 Å². The zero-order chi connectivity index (χ0) is 17.7. The molecule has 24 heavy (non-hydrogen) atoms. The van der Waals surface area contributed by atoms with Gasteiger partial charge in [0.2, 0.25) is 5.91 Å². The number of benzene rings is 1. The molecule has 0 radical (unpaired) electrons. The molecule has 1 N–H and O–H groups in total. The van der Waals surface area contributed by atoms with E-state index in [1.165, 1.54) is 12.1 Å². The molecule has 0 saturated carbocycles. The van der Waals surface area contributed by atoms with Gasteiger partial charge < -0.3 is 10.1 Å². The topological polar surface area (TPSA) is 73.2 Å². The predicted molar refractivity (Wildman–Crippen MR) is 86.8 cm³/mol. The first kappa shape index (κ1) is 17.7. The van der Waals surface area contributed by atoms with Gasteiger partial charge in [-0.05, 0) is 24.1 Å². The summed E-state index contributed by atoms with van der Waals surface area (Å²) in [6, 6.07) is 3.82. The normalized spacial score (nSPS) is 10.7. The number of anilines is 1. The van der Waals surface area contributed by atoms with Crippen molar-refractivity contribution in [1.29, 1.82) is 0 Å². The lowest BCUT2D eigenvalue weighted by molar-refractivity contribution is -0.116. The summed E-state index contributed by atoms with van der Waals surface area (Å²) in [6.07, 6.45) is 3.61. The minimum absolute atomic E-state index is 0.0458. The molecular weight excluding hydrogens is 313 g/mol.